The molecular formula is C15H16O3S. The highest BCUT2D eigenvalue weighted by atomic mass is 32.1. The molecule has 3 rings (SSSR count). The number of aliphatic hydroxyl groups excluding tert-OH is 1. The standard InChI is InChI=1S/C15H16O3S/c1-15(9-16,8-12-3-2-6-19-12)11-4-5-13-14(7-11)18-10-17-13/h2-7,16H,8-10H2,1H3. The van der Waals surface area contributed by atoms with Crippen molar-refractivity contribution >= 4 is 11.3 Å². The SMILES string of the molecule is CC(CO)(Cc1cccs1)c1ccc2c(c1)OCO2. The Morgan fingerprint density at radius 2 is 2.11 bits per heavy atom. The number of aliphatic hydroxyl groups is 1. The first kappa shape index (κ1) is 12.5. The average Bonchev–Trinajstić information content (AvgIpc) is 3.08. The predicted octanol–water partition coefficient (Wildman–Crippen LogP) is 2.97. The Kier molecular flexibility index (Phi) is 3.21. The van der Waals surface area contributed by atoms with E-state index in [4.69, 9.17) is 9.47 Å². The van der Waals surface area contributed by atoms with Gasteiger partial charge in [0, 0.05) is 10.3 Å². The quantitative estimate of drug-likeness (QED) is 0.933. The van der Waals surface area contributed by atoms with Crippen LogP contribution in [0.3, 0.4) is 0 Å². The molecule has 100 valence electrons. The molecule has 19 heavy (non-hydrogen) atoms. The largest absolute Gasteiger partial charge is 0.454 e. The zero-order chi connectivity index (χ0) is 13.3. The molecule has 4 heteroatoms. The Bertz CT molecular complexity index is 565. The van der Waals surface area contributed by atoms with Gasteiger partial charge in [-0.2, -0.15) is 0 Å². The third-order valence-corrected chi connectivity index (χ3v) is 4.44. The van der Waals surface area contributed by atoms with Crippen molar-refractivity contribution in [2.24, 2.45) is 0 Å². The van der Waals surface area contributed by atoms with E-state index < -0.39 is 0 Å². The summed E-state index contributed by atoms with van der Waals surface area (Å²) in [4.78, 5) is 1.27. The number of ether oxygens (including phenoxy) is 2. The molecule has 1 aliphatic heterocycles. The molecular weight excluding hydrogens is 260 g/mol. The van der Waals surface area contributed by atoms with Crippen LogP contribution in [0, 0.1) is 0 Å². The van der Waals surface area contributed by atoms with Gasteiger partial charge in [0.1, 0.15) is 0 Å². The van der Waals surface area contributed by atoms with Gasteiger partial charge in [0.05, 0.1) is 6.61 Å². The van der Waals surface area contributed by atoms with Crippen LogP contribution >= 0.6 is 11.3 Å². The molecule has 3 nitrogen and oxygen atoms in total. The second-order valence-electron chi connectivity index (χ2n) is 5.04. The van der Waals surface area contributed by atoms with Crippen molar-refractivity contribution in [3.05, 3.63) is 46.2 Å². The summed E-state index contributed by atoms with van der Waals surface area (Å²) in [7, 11) is 0. The molecule has 0 saturated heterocycles. The minimum absolute atomic E-state index is 0.102. The minimum atomic E-state index is -0.300. The molecule has 2 heterocycles. The van der Waals surface area contributed by atoms with E-state index in [1.54, 1.807) is 11.3 Å². The normalized spacial score (nSPS) is 16.3. The molecule has 0 radical (unpaired) electrons. The van der Waals surface area contributed by atoms with Gasteiger partial charge in [-0.05, 0) is 35.6 Å². The van der Waals surface area contributed by atoms with E-state index >= 15 is 0 Å². The van der Waals surface area contributed by atoms with E-state index in [1.807, 2.05) is 24.3 Å². The van der Waals surface area contributed by atoms with E-state index in [-0.39, 0.29) is 18.8 Å². The second-order valence-corrected chi connectivity index (χ2v) is 6.08. The number of rotatable bonds is 4. The first-order valence-corrected chi connectivity index (χ1v) is 7.13. The van der Waals surface area contributed by atoms with E-state index in [0.29, 0.717) is 0 Å². The fourth-order valence-electron chi connectivity index (χ4n) is 2.32. The van der Waals surface area contributed by atoms with Gasteiger partial charge in [0.15, 0.2) is 11.5 Å². The topological polar surface area (TPSA) is 38.7 Å². The van der Waals surface area contributed by atoms with Crippen molar-refractivity contribution in [2.75, 3.05) is 13.4 Å². The Morgan fingerprint density at radius 3 is 2.84 bits per heavy atom. The molecule has 1 aromatic heterocycles. The lowest BCUT2D eigenvalue weighted by atomic mass is 9.79. The van der Waals surface area contributed by atoms with Crippen LogP contribution in [0.25, 0.3) is 0 Å². The lowest BCUT2D eigenvalue weighted by molar-refractivity contribution is 0.173. The summed E-state index contributed by atoms with van der Waals surface area (Å²) in [5, 5.41) is 11.9. The van der Waals surface area contributed by atoms with Crippen molar-refractivity contribution in [2.45, 2.75) is 18.8 Å². The van der Waals surface area contributed by atoms with Crippen molar-refractivity contribution in [1.29, 1.82) is 0 Å². The number of fused-ring (bicyclic) bond motifs is 1. The molecule has 1 aliphatic rings. The average molecular weight is 276 g/mol. The summed E-state index contributed by atoms with van der Waals surface area (Å²) in [6, 6.07) is 10.0. The lowest BCUT2D eigenvalue weighted by Gasteiger charge is -2.27. The van der Waals surface area contributed by atoms with Crippen molar-refractivity contribution in [3.8, 4) is 11.5 Å². The van der Waals surface area contributed by atoms with Crippen molar-refractivity contribution in [1.82, 2.24) is 0 Å². The molecule has 1 N–H and O–H groups in total. The predicted molar refractivity (Wildman–Crippen MR) is 75.0 cm³/mol. The van der Waals surface area contributed by atoms with E-state index in [9.17, 15) is 5.11 Å². The van der Waals surface area contributed by atoms with Crippen LogP contribution in [0.5, 0.6) is 11.5 Å². The molecule has 0 aliphatic carbocycles. The molecule has 1 atom stereocenters. The highest BCUT2D eigenvalue weighted by molar-refractivity contribution is 7.09. The van der Waals surface area contributed by atoms with Crippen LogP contribution in [0.4, 0.5) is 0 Å². The summed E-state index contributed by atoms with van der Waals surface area (Å²) in [5.41, 5.74) is 0.777. The first-order chi connectivity index (χ1) is 9.21. The number of benzene rings is 1. The minimum Gasteiger partial charge on any atom is -0.454 e. The maximum atomic E-state index is 9.82. The fraction of sp³-hybridized carbons (Fsp3) is 0.333. The van der Waals surface area contributed by atoms with Gasteiger partial charge < -0.3 is 14.6 Å². The van der Waals surface area contributed by atoms with Crippen LogP contribution in [0.1, 0.15) is 17.4 Å². The van der Waals surface area contributed by atoms with E-state index in [2.05, 4.69) is 18.4 Å². The first-order valence-electron chi connectivity index (χ1n) is 6.25. The van der Waals surface area contributed by atoms with Crippen molar-refractivity contribution < 1.29 is 14.6 Å². The second kappa shape index (κ2) is 4.87. The van der Waals surface area contributed by atoms with Gasteiger partial charge >= 0.3 is 0 Å². The third kappa shape index (κ3) is 2.33. The lowest BCUT2D eigenvalue weighted by Crippen LogP contribution is -2.29. The summed E-state index contributed by atoms with van der Waals surface area (Å²) in [6.07, 6.45) is 0.820. The number of hydrogen-bond acceptors (Lipinski definition) is 4. The smallest absolute Gasteiger partial charge is 0.231 e. The maximum absolute atomic E-state index is 9.82. The molecule has 0 spiro atoms. The van der Waals surface area contributed by atoms with Crippen LogP contribution in [-0.2, 0) is 11.8 Å². The molecule has 0 amide bonds. The van der Waals surface area contributed by atoms with Gasteiger partial charge in [0.25, 0.3) is 0 Å². The highest BCUT2D eigenvalue weighted by Gasteiger charge is 2.28. The molecule has 0 bridgehead atoms. The van der Waals surface area contributed by atoms with Gasteiger partial charge in [0.2, 0.25) is 6.79 Å². The summed E-state index contributed by atoms with van der Waals surface area (Å²) in [6.45, 7) is 2.45. The Balaban J connectivity index is 1.92. The van der Waals surface area contributed by atoms with E-state index in [0.717, 1.165) is 23.5 Å². The molecule has 1 unspecified atom stereocenters. The Labute approximate surface area is 116 Å². The van der Waals surface area contributed by atoms with Crippen LogP contribution in [0.2, 0.25) is 0 Å². The molecule has 1 aromatic carbocycles. The third-order valence-electron chi connectivity index (χ3n) is 3.56. The molecule has 0 saturated carbocycles. The number of thiophene rings is 1. The van der Waals surface area contributed by atoms with Crippen molar-refractivity contribution in [3.63, 3.8) is 0 Å². The van der Waals surface area contributed by atoms with Crippen LogP contribution in [-0.4, -0.2) is 18.5 Å². The zero-order valence-corrected chi connectivity index (χ0v) is 11.6. The summed E-state index contributed by atoms with van der Waals surface area (Å²) >= 11 is 1.72. The van der Waals surface area contributed by atoms with Gasteiger partial charge in [-0.3, -0.25) is 0 Å². The maximum Gasteiger partial charge on any atom is 0.231 e. The van der Waals surface area contributed by atoms with Crippen LogP contribution < -0.4 is 9.47 Å². The van der Waals surface area contributed by atoms with Gasteiger partial charge in [-0.1, -0.05) is 19.1 Å². The molecule has 0 fully saturated rings. The summed E-state index contributed by atoms with van der Waals surface area (Å²) < 4.78 is 10.7. The van der Waals surface area contributed by atoms with Crippen LogP contribution in [0.15, 0.2) is 35.7 Å². The molecule has 2 aromatic rings. The Morgan fingerprint density at radius 1 is 1.26 bits per heavy atom. The Hall–Kier alpha value is -1.52. The van der Waals surface area contributed by atoms with Gasteiger partial charge in [-0.15, -0.1) is 11.3 Å². The highest BCUT2D eigenvalue weighted by Crippen LogP contribution is 2.38. The summed E-state index contributed by atoms with van der Waals surface area (Å²) in [5.74, 6) is 1.54. The fourth-order valence-corrected chi connectivity index (χ4v) is 3.21. The van der Waals surface area contributed by atoms with E-state index in [1.165, 1.54) is 4.88 Å². The zero-order valence-electron chi connectivity index (χ0n) is 10.8. The van der Waals surface area contributed by atoms with Gasteiger partial charge in [-0.25, -0.2) is 0 Å². The monoisotopic (exact) mass is 276 g/mol. The number of hydrogen-bond donors (Lipinski definition) is 1.